The molecule has 4 fully saturated rings. The highest BCUT2D eigenvalue weighted by atomic mass is 16.2. The van der Waals surface area contributed by atoms with Gasteiger partial charge in [-0.3, -0.25) is 19.3 Å². The molecule has 4 heteroatoms. The zero-order chi connectivity index (χ0) is 14.6. The number of ketones is 1. The quantitative estimate of drug-likeness (QED) is 0.681. The molecule has 0 bridgehead atoms. The van der Waals surface area contributed by atoms with Crippen LogP contribution in [0.15, 0.2) is 23.9 Å². The van der Waals surface area contributed by atoms with Gasteiger partial charge >= 0.3 is 0 Å². The third-order valence-electron chi connectivity index (χ3n) is 6.70. The van der Waals surface area contributed by atoms with E-state index in [0.29, 0.717) is 0 Å². The van der Waals surface area contributed by atoms with E-state index in [2.05, 4.69) is 6.08 Å². The van der Waals surface area contributed by atoms with E-state index in [1.165, 1.54) is 11.8 Å². The number of hydrogen-bond acceptors (Lipinski definition) is 3. The van der Waals surface area contributed by atoms with Gasteiger partial charge in [-0.05, 0) is 18.9 Å². The van der Waals surface area contributed by atoms with Crippen LogP contribution in [0.3, 0.4) is 0 Å². The number of rotatable bonds is 0. The smallest absolute Gasteiger partial charge is 0.241 e. The summed E-state index contributed by atoms with van der Waals surface area (Å²) in [5, 5.41) is 0. The van der Waals surface area contributed by atoms with Crippen LogP contribution in [0.1, 0.15) is 32.6 Å². The van der Waals surface area contributed by atoms with Crippen LogP contribution in [0.2, 0.25) is 0 Å². The third kappa shape index (κ3) is 0.904. The number of nitrogens with zero attached hydrogens (tertiary/aromatic N) is 1. The molecule has 0 radical (unpaired) electrons. The number of allylic oxidation sites excluding steroid dienone is 4. The fourth-order valence-electron chi connectivity index (χ4n) is 6.20. The van der Waals surface area contributed by atoms with Crippen LogP contribution in [0.5, 0.6) is 0 Å². The molecule has 4 aliphatic carbocycles. The summed E-state index contributed by atoms with van der Waals surface area (Å²) in [7, 11) is 0. The molecule has 21 heavy (non-hydrogen) atoms. The summed E-state index contributed by atoms with van der Waals surface area (Å²) in [4.78, 5) is 39.5. The highest BCUT2D eigenvalue weighted by Gasteiger charge is 2.91. The number of Topliss-reactive ketones (excluding diaryl/α,β-unsaturated/α-hetero) is 1. The Hall–Kier alpha value is -1.71. The molecular weight excluding hydrogens is 266 g/mol. The molecule has 1 saturated heterocycles. The Morgan fingerprint density at radius 2 is 2.14 bits per heavy atom. The summed E-state index contributed by atoms with van der Waals surface area (Å²) in [5.74, 6) is -0.0756. The second-order valence-electron chi connectivity index (χ2n) is 7.14. The minimum absolute atomic E-state index is 0.0566. The molecule has 0 aromatic heterocycles. The number of likely N-dealkylation sites (tertiary alicyclic amines) is 1. The third-order valence-corrected chi connectivity index (χ3v) is 6.70. The predicted molar refractivity (Wildman–Crippen MR) is 73.6 cm³/mol. The van der Waals surface area contributed by atoms with Gasteiger partial charge in [0.1, 0.15) is 5.78 Å². The van der Waals surface area contributed by atoms with Gasteiger partial charge in [0.2, 0.25) is 11.8 Å². The standard InChI is InChI=1S/C17H17NO3/c1-9(19)18-12-7-4-6-10-13-14(20)11-5-2-3-8-16(11,15(18)21)17(10,12)13/h4,6-7,10-11,13H,2-3,5,8H2,1H3. The largest absolute Gasteiger partial charge is 0.299 e. The Kier molecular flexibility index (Phi) is 1.82. The van der Waals surface area contributed by atoms with Crippen LogP contribution in [0, 0.1) is 28.6 Å². The first-order valence-corrected chi connectivity index (χ1v) is 7.86. The Balaban J connectivity index is 1.81. The Labute approximate surface area is 122 Å². The maximum absolute atomic E-state index is 13.2. The fraction of sp³-hybridized carbons (Fsp3) is 0.588. The summed E-state index contributed by atoms with van der Waals surface area (Å²) >= 11 is 0. The fourth-order valence-corrected chi connectivity index (χ4v) is 6.20. The lowest BCUT2D eigenvalue weighted by atomic mass is 9.59. The molecule has 5 unspecified atom stereocenters. The topological polar surface area (TPSA) is 54.5 Å². The van der Waals surface area contributed by atoms with E-state index in [0.717, 1.165) is 31.4 Å². The van der Waals surface area contributed by atoms with Crippen molar-refractivity contribution in [3.05, 3.63) is 23.9 Å². The van der Waals surface area contributed by atoms with Crippen molar-refractivity contribution >= 4 is 17.6 Å². The lowest BCUT2D eigenvalue weighted by Crippen LogP contribution is -2.46. The van der Waals surface area contributed by atoms with Gasteiger partial charge in [-0.15, -0.1) is 0 Å². The van der Waals surface area contributed by atoms with Crippen molar-refractivity contribution in [3.63, 3.8) is 0 Å². The molecular formula is C17H17NO3. The van der Waals surface area contributed by atoms with Crippen molar-refractivity contribution in [1.82, 2.24) is 4.90 Å². The number of carbonyl (C=O) groups is 3. The first-order chi connectivity index (χ1) is 10.1. The van der Waals surface area contributed by atoms with E-state index in [1.54, 1.807) is 0 Å². The molecule has 1 heterocycles. The van der Waals surface area contributed by atoms with Crippen LogP contribution >= 0.6 is 0 Å². The molecule has 3 saturated carbocycles. The van der Waals surface area contributed by atoms with Gasteiger partial charge in [-0.1, -0.05) is 25.0 Å². The lowest BCUT2D eigenvalue weighted by molar-refractivity contribution is -0.150. The summed E-state index contributed by atoms with van der Waals surface area (Å²) in [6, 6.07) is 0. The number of carbonyl (C=O) groups excluding carboxylic acids is 3. The van der Waals surface area contributed by atoms with Crippen LogP contribution in [-0.2, 0) is 14.4 Å². The monoisotopic (exact) mass is 283 g/mol. The normalized spacial score (nSPS) is 48.7. The van der Waals surface area contributed by atoms with Crippen LogP contribution < -0.4 is 0 Å². The highest BCUT2D eigenvalue weighted by molar-refractivity contribution is 6.12. The zero-order valence-corrected chi connectivity index (χ0v) is 12.0. The van der Waals surface area contributed by atoms with Crippen LogP contribution in [0.4, 0.5) is 0 Å². The van der Waals surface area contributed by atoms with Crippen molar-refractivity contribution in [2.24, 2.45) is 28.6 Å². The lowest BCUT2D eigenvalue weighted by Gasteiger charge is -2.40. The molecule has 2 amide bonds. The van der Waals surface area contributed by atoms with Gasteiger partial charge in [-0.2, -0.15) is 0 Å². The SMILES string of the molecule is CC(=O)N1C(=O)C23CCCCC2C(=O)C2C4C=CC=C1C423. The van der Waals surface area contributed by atoms with E-state index in [9.17, 15) is 14.4 Å². The van der Waals surface area contributed by atoms with Gasteiger partial charge in [0.15, 0.2) is 0 Å². The predicted octanol–water partition coefficient (Wildman–Crippen LogP) is 1.82. The molecule has 4 nitrogen and oxygen atoms in total. The Morgan fingerprint density at radius 3 is 2.90 bits per heavy atom. The number of amides is 2. The van der Waals surface area contributed by atoms with Gasteiger partial charge < -0.3 is 0 Å². The van der Waals surface area contributed by atoms with Gasteiger partial charge in [0.05, 0.1) is 5.41 Å². The molecule has 0 N–H and O–H groups in total. The first kappa shape index (κ1) is 11.9. The molecule has 0 aromatic carbocycles. The maximum atomic E-state index is 13.2. The van der Waals surface area contributed by atoms with E-state index in [1.807, 2.05) is 12.2 Å². The minimum Gasteiger partial charge on any atom is -0.299 e. The van der Waals surface area contributed by atoms with Crippen LogP contribution in [-0.4, -0.2) is 22.5 Å². The summed E-state index contributed by atoms with van der Waals surface area (Å²) in [5.41, 5.74) is -0.165. The summed E-state index contributed by atoms with van der Waals surface area (Å²) < 4.78 is 0. The molecule has 2 spiro atoms. The Morgan fingerprint density at radius 1 is 1.33 bits per heavy atom. The average Bonchev–Trinajstić information content (AvgIpc) is 3.04. The number of imide groups is 1. The van der Waals surface area contributed by atoms with Crippen molar-refractivity contribution in [3.8, 4) is 0 Å². The minimum atomic E-state index is -0.611. The van der Waals surface area contributed by atoms with E-state index in [4.69, 9.17) is 0 Å². The molecule has 5 aliphatic rings. The highest BCUT2D eigenvalue weighted by Crippen LogP contribution is 2.85. The van der Waals surface area contributed by atoms with Gasteiger partial charge in [0, 0.05) is 35.8 Å². The molecule has 0 aromatic rings. The van der Waals surface area contributed by atoms with E-state index < -0.39 is 5.41 Å². The second-order valence-corrected chi connectivity index (χ2v) is 7.14. The molecule has 1 aliphatic heterocycles. The molecule has 108 valence electrons. The van der Waals surface area contributed by atoms with Crippen LogP contribution in [0.25, 0.3) is 0 Å². The molecule has 5 rings (SSSR count). The second kappa shape index (κ2) is 3.21. The van der Waals surface area contributed by atoms with Gasteiger partial charge in [0.25, 0.3) is 0 Å². The van der Waals surface area contributed by atoms with Crippen molar-refractivity contribution in [2.75, 3.05) is 0 Å². The van der Waals surface area contributed by atoms with Gasteiger partial charge in [-0.25, -0.2) is 0 Å². The zero-order valence-electron chi connectivity index (χ0n) is 12.0. The maximum Gasteiger partial charge on any atom is 0.241 e. The van der Waals surface area contributed by atoms with Crippen molar-refractivity contribution in [1.29, 1.82) is 0 Å². The molecule has 5 atom stereocenters. The van der Waals surface area contributed by atoms with Crippen molar-refractivity contribution in [2.45, 2.75) is 32.6 Å². The van der Waals surface area contributed by atoms with Crippen molar-refractivity contribution < 1.29 is 14.4 Å². The van der Waals surface area contributed by atoms with E-state index >= 15 is 0 Å². The number of fused-ring (bicyclic) bond motifs is 1. The van der Waals surface area contributed by atoms with E-state index in [-0.39, 0.29) is 40.8 Å². The Bertz CT molecular complexity index is 690. The number of hydrogen-bond donors (Lipinski definition) is 0. The summed E-state index contributed by atoms with van der Waals surface area (Å²) in [6.45, 7) is 1.46. The average molecular weight is 283 g/mol. The first-order valence-electron chi connectivity index (χ1n) is 7.86. The summed E-state index contributed by atoms with van der Waals surface area (Å²) in [6.07, 6.45) is 9.48.